The van der Waals surface area contributed by atoms with E-state index in [2.05, 4.69) is 4.72 Å². The fourth-order valence-corrected chi connectivity index (χ4v) is 2.72. The topological polar surface area (TPSA) is 90.7 Å². The first-order valence-electron chi connectivity index (χ1n) is 5.34. The molecule has 1 rings (SSSR count). The van der Waals surface area contributed by atoms with Crippen LogP contribution in [0, 0.1) is 0 Å². The van der Waals surface area contributed by atoms with Crippen molar-refractivity contribution in [1.82, 2.24) is 4.72 Å². The van der Waals surface area contributed by atoms with E-state index in [-0.39, 0.29) is 12.3 Å². The molecular weight excluding hydrogens is 232 g/mol. The Balaban J connectivity index is 2.43. The smallest absolute Gasteiger partial charge is 0.211 e. The molecule has 1 aliphatic rings. The number of nitrogens with one attached hydrogen (secondary N) is 1. The third-order valence-corrected chi connectivity index (χ3v) is 4.14. The highest BCUT2D eigenvalue weighted by Crippen LogP contribution is 2.21. The summed E-state index contributed by atoms with van der Waals surface area (Å²) in [7, 11) is -1.67. The predicted molar refractivity (Wildman–Crippen MR) is 60.6 cm³/mol. The molecule has 0 spiro atoms. The molecule has 6 nitrogen and oxygen atoms in total. The van der Waals surface area contributed by atoms with E-state index in [1.165, 1.54) is 0 Å². The maximum absolute atomic E-state index is 11.5. The maximum Gasteiger partial charge on any atom is 0.211 e. The van der Waals surface area contributed by atoms with Gasteiger partial charge in [0.15, 0.2) is 0 Å². The van der Waals surface area contributed by atoms with Crippen molar-refractivity contribution >= 4 is 10.0 Å². The van der Waals surface area contributed by atoms with Crippen molar-refractivity contribution in [1.29, 1.82) is 0 Å². The van der Waals surface area contributed by atoms with E-state index < -0.39 is 15.6 Å². The van der Waals surface area contributed by atoms with Gasteiger partial charge < -0.3 is 15.2 Å². The average molecular weight is 252 g/mol. The first-order valence-corrected chi connectivity index (χ1v) is 6.99. The van der Waals surface area contributed by atoms with Crippen LogP contribution in [0.4, 0.5) is 0 Å². The molecule has 0 aliphatic carbocycles. The van der Waals surface area contributed by atoms with Gasteiger partial charge in [-0.25, -0.2) is 13.1 Å². The lowest BCUT2D eigenvalue weighted by molar-refractivity contribution is -0.0120. The van der Waals surface area contributed by atoms with Crippen LogP contribution in [-0.4, -0.2) is 53.2 Å². The van der Waals surface area contributed by atoms with Crippen molar-refractivity contribution in [2.75, 3.05) is 39.2 Å². The van der Waals surface area contributed by atoms with Crippen LogP contribution in [0.5, 0.6) is 0 Å². The van der Waals surface area contributed by atoms with Gasteiger partial charge in [-0.15, -0.1) is 0 Å². The number of nitrogens with two attached hydrogens (primary N) is 1. The molecule has 0 amide bonds. The zero-order chi connectivity index (χ0) is 12.1. The van der Waals surface area contributed by atoms with Crippen molar-refractivity contribution in [3.05, 3.63) is 0 Å². The highest BCUT2D eigenvalue weighted by atomic mass is 32.2. The quantitative estimate of drug-likeness (QED) is 0.610. The molecule has 1 aliphatic heterocycles. The van der Waals surface area contributed by atoms with E-state index in [4.69, 9.17) is 15.2 Å². The van der Waals surface area contributed by atoms with Crippen LogP contribution < -0.4 is 10.5 Å². The van der Waals surface area contributed by atoms with Gasteiger partial charge in [0.05, 0.1) is 12.4 Å². The van der Waals surface area contributed by atoms with Gasteiger partial charge in [-0.05, 0) is 13.0 Å². The first kappa shape index (κ1) is 13.9. The van der Waals surface area contributed by atoms with Gasteiger partial charge in [-0.1, -0.05) is 0 Å². The Labute approximate surface area is 96.5 Å². The number of ether oxygens (including phenoxy) is 2. The summed E-state index contributed by atoms with van der Waals surface area (Å²) in [6.07, 6.45) is 1.18. The molecule has 0 radical (unpaired) electrons. The summed E-state index contributed by atoms with van der Waals surface area (Å²) in [5.74, 6) is 0.0597. The van der Waals surface area contributed by atoms with E-state index in [1.807, 2.05) is 0 Å². The lowest BCUT2D eigenvalue weighted by Gasteiger charge is -2.25. The summed E-state index contributed by atoms with van der Waals surface area (Å²) >= 11 is 0. The third-order valence-electron chi connectivity index (χ3n) is 2.73. The minimum absolute atomic E-state index is 0.0597. The number of sulfonamides is 1. The number of rotatable bonds is 7. The highest BCUT2D eigenvalue weighted by Gasteiger charge is 2.35. The zero-order valence-corrected chi connectivity index (χ0v) is 10.4. The number of hydrogen-bond acceptors (Lipinski definition) is 5. The lowest BCUT2D eigenvalue weighted by atomic mass is 10.0. The number of methoxy groups -OCH3 is 1. The fraction of sp³-hybridized carbons (Fsp3) is 1.00. The van der Waals surface area contributed by atoms with Gasteiger partial charge >= 0.3 is 0 Å². The molecule has 0 saturated carbocycles. The van der Waals surface area contributed by atoms with Crippen LogP contribution in [0.15, 0.2) is 0 Å². The maximum atomic E-state index is 11.5. The molecule has 0 bridgehead atoms. The van der Waals surface area contributed by atoms with Crippen LogP contribution in [0.1, 0.15) is 12.8 Å². The summed E-state index contributed by atoms with van der Waals surface area (Å²) in [6, 6.07) is 0. The molecule has 0 aromatic heterocycles. The SMILES string of the molecule is COC1(CNS(=O)(=O)CCCN)CCOC1. The molecule has 1 heterocycles. The Morgan fingerprint density at radius 1 is 1.56 bits per heavy atom. The standard InChI is InChI=1S/C9H20N2O4S/c1-14-9(3-5-15-8-9)7-11-16(12,13)6-2-4-10/h11H,2-8,10H2,1H3. The lowest BCUT2D eigenvalue weighted by Crippen LogP contribution is -2.45. The molecule has 0 aromatic rings. The Morgan fingerprint density at radius 2 is 2.31 bits per heavy atom. The Hall–Kier alpha value is -0.210. The Kier molecular flexibility index (Phi) is 5.13. The van der Waals surface area contributed by atoms with E-state index >= 15 is 0 Å². The second-order valence-corrected chi connectivity index (χ2v) is 5.90. The first-order chi connectivity index (χ1) is 7.54. The van der Waals surface area contributed by atoms with Crippen LogP contribution >= 0.6 is 0 Å². The second-order valence-electron chi connectivity index (χ2n) is 3.97. The summed E-state index contributed by atoms with van der Waals surface area (Å²) in [4.78, 5) is 0. The minimum atomic E-state index is -3.24. The van der Waals surface area contributed by atoms with E-state index in [0.29, 0.717) is 32.6 Å². The van der Waals surface area contributed by atoms with Gasteiger partial charge in [0.25, 0.3) is 0 Å². The summed E-state index contributed by atoms with van der Waals surface area (Å²) in [5.41, 5.74) is 4.77. The summed E-state index contributed by atoms with van der Waals surface area (Å²) in [5, 5.41) is 0. The van der Waals surface area contributed by atoms with Crippen molar-refractivity contribution in [2.45, 2.75) is 18.4 Å². The normalized spacial score (nSPS) is 26.1. The van der Waals surface area contributed by atoms with Crippen molar-refractivity contribution in [3.63, 3.8) is 0 Å². The van der Waals surface area contributed by atoms with Crippen LogP contribution in [0.3, 0.4) is 0 Å². The van der Waals surface area contributed by atoms with Gasteiger partial charge in [-0.2, -0.15) is 0 Å². The van der Waals surface area contributed by atoms with Gasteiger partial charge in [-0.3, -0.25) is 0 Å². The minimum Gasteiger partial charge on any atom is -0.378 e. The third kappa shape index (κ3) is 3.99. The van der Waals surface area contributed by atoms with Gasteiger partial charge in [0.2, 0.25) is 10.0 Å². The molecule has 0 aromatic carbocycles. The second kappa shape index (κ2) is 5.92. The Bertz CT molecular complexity index is 299. The molecule has 1 fully saturated rings. The molecular formula is C9H20N2O4S. The molecule has 1 unspecified atom stereocenters. The van der Waals surface area contributed by atoms with E-state index in [0.717, 1.165) is 0 Å². The van der Waals surface area contributed by atoms with Gasteiger partial charge in [0, 0.05) is 26.7 Å². The van der Waals surface area contributed by atoms with Crippen LogP contribution in [0.25, 0.3) is 0 Å². The van der Waals surface area contributed by atoms with Crippen molar-refractivity contribution in [3.8, 4) is 0 Å². The van der Waals surface area contributed by atoms with E-state index in [9.17, 15) is 8.42 Å². The largest absolute Gasteiger partial charge is 0.378 e. The van der Waals surface area contributed by atoms with Crippen LogP contribution in [0.2, 0.25) is 0 Å². The van der Waals surface area contributed by atoms with Crippen molar-refractivity contribution in [2.24, 2.45) is 5.73 Å². The molecule has 3 N–H and O–H groups in total. The average Bonchev–Trinajstić information content (AvgIpc) is 2.74. The molecule has 1 saturated heterocycles. The van der Waals surface area contributed by atoms with Crippen LogP contribution in [-0.2, 0) is 19.5 Å². The van der Waals surface area contributed by atoms with Crippen molar-refractivity contribution < 1.29 is 17.9 Å². The summed E-state index contributed by atoms with van der Waals surface area (Å²) < 4.78 is 36.2. The zero-order valence-electron chi connectivity index (χ0n) is 9.57. The summed E-state index contributed by atoms with van der Waals surface area (Å²) in [6.45, 7) is 1.68. The monoisotopic (exact) mass is 252 g/mol. The molecule has 16 heavy (non-hydrogen) atoms. The molecule has 1 atom stereocenters. The van der Waals surface area contributed by atoms with E-state index in [1.54, 1.807) is 7.11 Å². The highest BCUT2D eigenvalue weighted by molar-refractivity contribution is 7.89. The molecule has 96 valence electrons. The Morgan fingerprint density at radius 3 is 2.81 bits per heavy atom. The van der Waals surface area contributed by atoms with Gasteiger partial charge in [0.1, 0.15) is 5.60 Å². The fourth-order valence-electron chi connectivity index (χ4n) is 1.55. The number of hydrogen-bond donors (Lipinski definition) is 2. The predicted octanol–water partition coefficient (Wildman–Crippen LogP) is -0.940. The molecule has 7 heteroatoms.